The zero-order valence-electron chi connectivity index (χ0n) is 14.7. The third-order valence-corrected chi connectivity index (χ3v) is 3.52. The number of nitro groups is 1. The Labute approximate surface area is 151 Å². The number of nitrogens with one attached hydrogen (secondary N) is 2. The summed E-state index contributed by atoms with van der Waals surface area (Å²) < 4.78 is 10.7. The summed E-state index contributed by atoms with van der Waals surface area (Å²) in [6.45, 7) is 2.63. The van der Waals surface area contributed by atoms with E-state index in [0.29, 0.717) is 24.6 Å². The highest BCUT2D eigenvalue weighted by Gasteiger charge is 2.12. The van der Waals surface area contributed by atoms with Crippen molar-refractivity contribution in [3.63, 3.8) is 0 Å². The van der Waals surface area contributed by atoms with E-state index in [4.69, 9.17) is 9.47 Å². The highest BCUT2D eigenvalue weighted by atomic mass is 16.6. The van der Waals surface area contributed by atoms with Crippen LogP contribution >= 0.6 is 0 Å². The van der Waals surface area contributed by atoms with Crippen molar-refractivity contribution in [3.05, 3.63) is 58.1 Å². The summed E-state index contributed by atoms with van der Waals surface area (Å²) in [6, 6.07) is 11.8. The van der Waals surface area contributed by atoms with Gasteiger partial charge in [0.1, 0.15) is 18.1 Å². The quantitative estimate of drug-likeness (QED) is 0.405. The summed E-state index contributed by atoms with van der Waals surface area (Å²) in [5, 5.41) is 16.4. The molecule has 2 aromatic rings. The van der Waals surface area contributed by atoms with Gasteiger partial charge in [-0.15, -0.1) is 0 Å². The number of amides is 1. The molecule has 0 spiro atoms. The first kappa shape index (κ1) is 19.0. The topological polar surface area (TPSA) is 103 Å². The van der Waals surface area contributed by atoms with Crippen molar-refractivity contribution in [2.24, 2.45) is 0 Å². The Morgan fingerprint density at radius 1 is 1.23 bits per heavy atom. The molecule has 26 heavy (non-hydrogen) atoms. The summed E-state index contributed by atoms with van der Waals surface area (Å²) in [5.41, 5.74) is 1.40. The van der Waals surface area contributed by atoms with Gasteiger partial charge in [-0.25, -0.2) is 0 Å². The molecule has 0 aliphatic carbocycles. The van der Waals surface area contributed by atoms with Crippen molar-refractivity contribution in [2.75, 3.05) is 32.1 Å². The Balaban J connectivity index is 1.78. The van der Waals surface area contributed by atoms with Crippen molar-refractivity contribution >= 4 is 17.3 Å². The van der Waals surface area contributed by atoms with E-state index in [-0.39, 0.29) is 18.1 Å². The predicted octanol–water partition coefficient (Wildman–Crippen LogP) is 2.52. The summed E-state index contributed by atoms with van der Waals surface area (Å²) in [6.07, 6.45) is 0. The van der Waals surface area contributed by atoms with Crippen LogP contribution < -0.4 is 20.1 Å². The minimum absolute atomic E-state index is 0.0397. The number of hydrogen-bond donors (Lipinski definition) is 2. The minimum atomic E-state index is -0.507. The van der Waals surface area contributed by atoms with E-state index >= 15 is 0 Å². The second-order valence-electron chi connectivity index (χ2n) is 5.51. The van der Waals surface area contributed by atoms with Gasteiger partial charge in [0.05, 0.1) is 30.8 Å². The van der Waals surface area contributed by atoms with Gasteiger partial charge >= 0.3 is 0 Å². The van der Waals surface area contributed by atoms with Crippen LogP contribution in [0.4, 0.5) is 11.4 Å². The van der Waals surface area contributed by atoms with Crippen LogP contribution in [0.2, 0.25) is 0 Å². The van der Waals surface area contributed by atoms with Gasteiger partial charge in [-0.1, -0.05) is 12.1 Å². The van der Waals surface area contributed by atoms with E-state index in [1.807, 2.05) is 31.2 Å². The first-order valence-electron chi connectivity index (χ1n) is 8.02. The number of ether oxygens (including phenoxy) is 2. The van der Waals surface area contributed by atoms with Crippen LogP contribution in [0.1, 0.15) is 5.56 Å². The van der Waals surface area contributed by atoms with Gasteiger partial charge < -0.3 is 20.1 Å². The molecule has 2 rings (SSSR count). The molecule has 0 saturated carbocycles. The van der Waals surface area contributed by atoms with Crippen molar-refractivity contribution in [1.82, 2.24) is 5.32 Å². The second kappa shape index (κ2) is 9.26. The first-order chi connectivity index (χ1) is 12.5. The Morgan fingerprint density at radius 2 is 2.04 bits per heavy atom. The summed E-state index contributed by atoms with van der Waals surface area (Å²) in [4.78, 5) is 22.2. The lowest BCUT2D eigenvalue weighted by molar-refractivity contribution is -0.384. The molecule has 0 unspecified atom stereocenters. The number of benzene rings is 2. The molecule has 0 aliphatic rings. The van der Waals surface area contributed by atoms with Gasteiger partial charge in [0.2, 0.25) is 5.91 Å². The Morgan fingerprint density at radius 3 is 2.73 bits per heavy atom. The lowest BCUT2D eigenvalue weighted by Crippen LogP contribution is -2.33. The molecule has 0 fully saturated rings. The molecule has 8 heteroatoms. The van der Waals surface area contributed by atoms with E-state index in [2.05, 4.69) is 10.6 Å². The van der Waals surface area contributed by atoms with E-state index in [0.717, 1.165) is 11.3 Å². The summed E-state index contributed by atoms with van der Waals surface area (Å²) >= 11 is 0. The molecule has 0 bridgehead atoms. The Kier molecular flexibility index (Phi) is 6.78. The fourth-order valence-electron chi connectivity index (χ4n) is 2.25. The highest BCUT2D eigenvalue weighted by Crippen LogP contribution is 2.28. The largest absolute Gasteiger partial charge is 0.495 e. The number of nitrogens with zero attached hydrogens (tertiary/aromatic N) is 1. The summed E-state index contributed by atoms with van der Waals surface area (Å²) in [5.74, 6) is 0.913. The molecule has 0 saturated heterocycles. The van der Waals surface area contributed by atoms with Crippen LogP contribution in [0.25, 0.3) is 0 Å². The molecule has 0 atom stereocenters. The van der Waals surface area contributed by atoms with Crippen molar-refractivity contribution in [2.45, 2.75) is 6.92 Å². The van der Waals surface area contributed by atoms with Gasteiger partial charge in [-0.05, 0) is 30.7 Å². The molecule has 2 aromatic carbocycles. The Bertz CT molecular complexity index is 779. The lowest BCUT2D eigenvalue weighted by Gasteiger charge is -2.11. The SMILES string of the molecule is COc1ccc([N+](=O)[O-])cc1NCC(=O)NCCOc1cccc(C)c1. The minimum Gasteiger partial charge on any atom is -0.495 e. The van der Waals surface area contributed by atoms with E-state index in [1.54, 1.807) is 0 Å². The van der Waals surface area contributed by atoms with E-state index in [1.165, 1.54) is 25.3 Å². The number of non-ortho nitro benzene ring substituents is 1. The monoisotopic (exact) mass is 359 g/mol. The number of methoxy groups -OCH3 is 1. The van der Waals surface area contributed by atoms with Gasteiger partial charge in [0, 0.05) is 12.1 Å². The number of rotatable bonds is 9. The van der Waals surface area contributed by atoms with Crippen LogP contribution in [0, 0.1) is 17.0 Å². The molecule has 1 amide bonds. The number of aryl methyl sites for hydroxylation is 1. The molecular weight excluding hydrogens is 338 g/mol. The maximum atomic E-state index is 11.9. The second-order valence-corrected chi connectivity index (χ2v) is 5.51. The zero-order valence-corrected chi connectivity index (χ0v) is 14.7. The molecule has 0 radical (unpaired) electrons. The molecule has 2 N–H and O–H groups in total. The molecule has 8 nitrogen and oxygen atoms in total. The van der Waals surface area contributed by atoms with Gasteiger partial charge in [-0.2, -0.15) is 0 Å². The fraction of sp³-hybridized carbons (Fsp3) is 0.278. The molecule has 138 valence electrons. The smallest absolute Gasteiger partial charge is 0.271 e. The van der Waals surface area contributed by atoms with Gasteiger partial charge in [-0.3, -0.25) is 14.9 Å². The standard InChI is InChI=1S/C18H21N3O5/c1-13-4-3-5-15(10-13)26-9-8-19-18(22)12-20-16-11-14(21(23)24)6-7-17(16)25-2/h3-7,10-11,20H,8-9,12H2,1-2H3,(H,19,22). The number of hydrogen-bond acceptors (Lipinski definition) is 6. The third-order valence-electron chi connectivity index (χ3n) is 3.52. The molecular formula is C18H21N3O5. The van der Waals surface area contributed by atoms with Crippen LogP contribution in [0.3, 0.4) is 0 Å². The fourth-order valence-corrected chi connectivity index (χ4v) is 2.25. The van der Waals surface area contributed by atoms with E-state index in [9.17, 15) is 14.9 Å². The third kappa shape index (κ3) is 5.66. The van der Waals surface area contributed by atoms with Crippen LogP contribution in [-0.4, -0.2) is 37.6 Å². The van der Waals surface area contributed by atoms with Crippen molar-refractivity contribution in [3.8, 4) is 11.5 Å². The molecule has 0 aromatic heterocycles. The van der Waals surface area contributed by atoms with Crippen molar-refractivity contribution in [1.29, 1.82) is 0 Å². The number of carbonyl (C=O) groups excluding carboxylic acids is 1. The zero-order chi connectivity index (χ0) is 18.9. The average Bonchev–Trinajstić information content (AvgIpc) is 2.63. The van der Waals surface area contributed by atoms with Crippen LogP contribution in [0.5, 0.6) is 11.5 Å². The normalized spacial score (nSPS) is 10.1. The van der Waals surface area contributed by atoms with Crippen LogP contribution in [0.15, 0.2) is 42.5 Å². The lowest BCUT2D eigenvalue weighted by atomic mass is 10.2. The molecule has 0 aliphatic heterocycles. The Hall–Kier alpha value is -3.29. The van der Waals surface area contributed by atoms with Gasteiger partial charge in [0.15, 0.2) is 0 Å². The van der Waals surface area contributed by atoms with Crippen molar-refractivity contribution < 1.29 is 19.2 Å². The summed E-state index contributed by atoms with van der Waals surface area (Å²) in [7, 11) is 1.45. The highest BCUT2D eigenvalue weighted by molar-refractivity contribution is 5.81. The maximum absolute atomic E-state index is 11.9. The van der Waals surface area contributed by atoms with E-state index < -0.39 is 4.92 Å². The first-order valence-corrected chi connectivity index (χ1v) is 8.02. The van der Waals surface area contributed by atoms with Gasteiger partial charge in [0.25, 0.3) is 5.69 Å². The predicted molar refractivity (Wildman–Crippen MR) is 97.8 cm³/mol. The number of anilines is 1. The maximum Gasteiger partial charge on any atom is 0.271 e. The number of nitro benzene ring substituents is 1. The van der Waals surface area contributed by atoms with Crippen LogP contribution in [-0.2, 0) is 4.79 Å². The average molecular weight is 359 g/mol. The number of carbonyl (C=O) groups is 1. The molecule has 0 heterocycles.